The quantitative estimate of drug-likeness (QED) is 0.854. The summed E-state index contributed by atoms with van der Waals surface area (Å²) in [6.45, 7) is 1.85. The fourth-order valence-corrected chi connectivity index (χ4v) is 2.80. The van der Waals surface area contributed by atoms with Crippen LogP contribution in [-0.4, -0.2) is 37.7 Å². The highest BCUT2D eigenvalue weighted by molar-refractivity contribution is 9.10. The summed E-state index contributed by atoms with van der Waals surface area (Å²) in [6.07, 6.45) is 0. The Morgan fingerprint density at radius 3 is 2.89 bits per heavy atom. The second kappa shape index (κ2) is 4.35. The predicted molar refractivity (Wildman–Crippen MR) is 72.1 cm³/mol. The van der Waals surface area contributed by atoms with E-state index in [0.29, 0.717) is 25.7 Å². The van der Waals surface area contributed by atoms with Crippen molar-refractivity contribution in [3.05, 3.63) is 22.2 Å². The summed E-state index contributed by atoms with van der Waals surface area (Å²) in [7, 11) is 1.95. The predicted octanol–water partition coefficient (Wildman–Crippen LogP) is 1.52. The van der Waals surface area contributed by atoms with E-state index in [4.69, 9.17) is 15.2 Å². The third kappa shape index (κ3) is 1.80. The van der Waals surface area contributed by atoms with E-state index in [1.165, 1.54) is 0 Å². The van der Waals surface area contributed by atoms with Crippen LogP contribution in [0, 0.1) is 0 Å². The topological polar surface area (TPSA) is 60.1 Å². The first-order valence-electron chi connectivity index (χ1n) is 5.78. The highest BCUT2D eigenvalue weighted by atomic mass is 79.9. The van der Waals surface area contributed by atoms with Crippen LogP contribution in [0.5, 0.6) is 11.5 Å². The minimum absolute atomic E-state index is 0.164. The Bertz CT molecular complexity index is 518. The summed E-state index contributed by atoms with van der Waals surface area (Å²) in [5.74, 6) is 2.13. The number of nitrogens with zero attached hydrogens (tertiary/aromatic N) is 2. The van der Waals surface area contributed by atoms with Crippen molar-refractivity contribution in [1.29, 1.82) is 0 Å². The summed E-state index contributed by atoms with van der Waals surface area (Å²) < 4.78 is 12.1. The minimum Gasteiger partial charge on any atom is -0.486 e. The second-order valence-electron chi connectivity index (χ2n) is 4.35. The summed E-state index contributed by atoms with van der Waals surface area (Å²) in [5.41, 5.74) is 6.91. The van der Waals surface area contributed by atoms with Gasteiger partial charge in [0.25, 0.3) is 0 Å². The van der Waals surface area contributed by atoms with Crippen molar-refractivity contribution in [1.82, 2.24) is 4.90 Å². The van der Waals surface area contributed by atoms with Crippen LogP contribution < -0.4 is 15.2 Å². The van der Waals surface area contributed by atoms with Gasteiger partial charge < -0.3 is 20.1 Å². The van der Waals surface area contributed by atoms with E-state index in [1.54, 1.807) is 0 Å². The van der Waals surface area contributed by atoms with Gasteiger partial charge in [0.05, 0.1) is 17.1 Å². The van der Waals surface area contributed by atoms with Crippen LogP contribution in [0.1, 0.15) is 11.6 Å². The average molecular weight is 312 g/mol. The van der Waals surface area contributed by atoms with Crippen molar-refractivity contribution in [3.63, 3.8) is 0 Å². The third-order valence-corrected chi connectivity index (χ3v) is 3.85. The number of guanidine groups is 1. The van der Waals surface area contributed by atoms with E-state index < -0.39 is 0 Å². The molecule has 1 atom stereocenters. The Morgan fingerprint density at radius 1 is 1.39 bits per heavy atom. The molecule has 0 saturated carbocycles. The lowest BCUT2D eigenvalue weighted by molar-refractivity contribution is 0.170. The number of rotatable bonds is 1. The van der Waals surface area contributed by atoms with Crippen molar-refractivity contribution in [3.8, 4) is 11.5 Å². The van der Waals surface area contributed by atoms with E-state index in [0.717, 1.165) is 21.5 Å². The van der Waals surface area contributed by atoms with Gasteiger partial charge in [0, 0.05) is 7.05 Å². The van der Waals surface area contributed by atoms with Crippen molar-refractivity contribution in [2.24, 2.45) is 10.7 Å². The zero-order chi connectivity index (χ0) is 12.7. The maximum Gasteiger partial charge on any atom is 0.191 e. The van der Waals surface area contributed by atoms with Gasteiger partial charge in [0.2, 0.25) is 0 Å². The molecule has 2 aliphatic heterocycles. The van der Waals surface area contributed by atoms with Gasteiger partial charge in [-0.25, -0.2) is 0 Å². The molecule has 18 heavy (non-hydrogen) atoms. The lowest BCUT2D eigenvalue weighted by Gasteiger charge is -2.25. The molecule has 0 spiro atoms. The molecule has 2 heterocycles. The SMILES string of the molecule is CN1C(N)=NCC1c1cc(Br)c2c(c1)OCCO2. The van der Waals surface area contributed by atoms with Gasteiger partial charge in [-0.3, -0.25) is 4.99 Å². The Balaban J connectivity index is 1.97. The molecule has 5 nitrogen and oxygen atoms in total. The van der Waals surface area contributed by atoms with Gasteiger partial charge in [-0.15, -0.1) is 0 Å². The second-order valence-corrected chi connectivity index (χ2v) is 5.21. The maximum absolute atomic E-state index is 5.79. The van der Waals surface area contributed by atoms with Gasteiger partial charge in [-0.05, 0) is 33.6 Å². The maximum atomic E-state index is 5.79. The molecule has 1 aromatic carbocycles. The molecular formula is C12H14BrN3O2. The molecule has 0 bridgehead atoms. The van der Waals surface area contributed by atoms with Gasteiger partial charge in [0.1, 0.15) is 13.2 Å². The number of halogens is 1. The van der Waals surface area contributed by atoms with Crippen molar-refractivity contribution in [2.45, 2.75) is 6.04 Å². The van der Waals surface area contributed by atoms with E-state index in [9.17, 15) is 0 Å². The molecular weight excluding hydrogens is 298 g/mol. The smallest absolute Gasteiger partial charge is 0.191 e. The van der Waals surface area contributed by atoms with E-state index >= 15 is 0 Å². The molecule has 0 radical (unpaired) electrons. The number of likely N-dealkylation sites (N-methyl/N-ethyl adjacent to an activating group) is 1. The standard InChI is InChI=1S/C12H14BrN3O2/c1-16-9(6-15-12(16)14)7-4-8(13)11-10(5-7)17-2-3-18-11/h4-5,9H,2-3,6H2,1H3,(H2,14,15). The lowest BCUT2D eigenvalue weighted by Crippen LogP contribution is -2.32. The number of fused-ring (bicyclic) bond motifs is 1. The van der Waals surface area contributed by atoms with E-state index in [2.05, 4.69) is 20.9 Å². The van der Waals surface area contributed by atoms with Crippen LogP contribution in [0.4, 0.5) is 0 Å². The van der Waals surface area contributed by atoms with E-state index in [1.807, 2.05) is 24.1 Å². The largest absolute Gasteiger partial charge is 0.486 e. The zero-order valence-corrected chi connectivity index (χ0v) is 11.6. The molecule has 0 fully saturated rings. The average Bonchev–Trinajstić information content (AvgIpc) is 2.70. The summed E-state index contributed by atoms with van der Waals surface area (Å²) in [6, 6.07) is 4.22. The zero-order valence-electron chi connectivity index (χ0n) is 10.0. The molecule has 1 unspecified atom stereocenters. The van der Waals surface area contributed by atoms with Gasteiger partial charge in [-0.1, -0.05) is 0 Å². The monoisotopic (exact) mass is 311 g/mol. The molecule has 2 aliphatic rings. The first-order valence-corrected chi connectivity index (χ1v) is 6.58. The molecule has 1 aromatic rings. The molecule has 0 aliphatic carbocycles. The number of hydrogen-bond donors (Lipinski definition) is 1. The number of aliphatic imine (C=N–C) groups is 1. The molecule has 3 rings (SSSR count). The Hall–Kier alpha value is -1.43. The fourth-order valence-electron chi connectivity index (χ4n) is 2.23. The first kappa shape index (κ1) is 11.6. The Labute approximate surface area is 114 Å². The number of nitrogens with two attached hydrogens (primary N) is 1. The Kier molecular flexibility index (Phi) is 2.81. The highest BCUT2D eigenvalue weighted by Gasteiger charge is 2.26. The number of benzene rings is 1. The van der Waals surface area contributed by atoms with Crippen LogP contribution in [0.2, 0.25) is 0 Å². The van der Waals surface area contributed by atoms with E-state index in [-0.39, 0.29) is 6.04 Å². The lowest BCUT2D eigenvalue weighted by atomic mass is 10.1. The third-order valence-electron chi connectivity index (χ3n) is 3.26. The van der Waals surface area contributed by atoms with Crippen LogP contribution in [0.25, 0.3) is 0 Å². The van der Waals surface area contributed by atoms with Crippen LogP contribution >= 0.6 is 15.9 Å². The number of hydrogen-bond acceptors (Lipinski definition) is 5. The summed E-state index contributed by atoms with van der Waals surface area (Å²) >= 11 is 3.52. The van der Waals surface area contributed by atoms with Crippen molar-refractivity contribution < 1.29 is 9.47 Å². The summed E-state index contributed by atoms with van der Waals surface area (Å²) in [4.78, 5) is 6.22. The molecule has 96 valence electrons. The van der Waals surface area contributed by atoms with Gasteiger partial charge >= 0.3 is 0 Å². The molecule has 6 heteroatoms. The Morgan fingerprint density at radius 2 is 2.17 bits per heavy atom. The summed E-state index contributed by atoms with van der Waals surface area (Å²) in [5, 5.41) is 0. The molecule has 0 saturated heterocycles. The molecule has 2 N–H and O–H groups in total. The van der Waals surface area contributed by atoms with Crippen LogP contribution in [0.15, 0.2) is 21.6 Å². The van der Waals surface area contributed by atoms with Crippen molar-refractivity contribution in [2.75, 3.05) is 26.8 Å². The van der Waals surface area contributed by atoms with Gasteiger partial charge in [0.15, 0.2) is 17.5 Å². The van der Waals surface area contributed by atoms with Crippen LogP contribution in [-0.2, 0) is 0 Å². The normalized spacial score (nSPS) is 22.0. The van der Waals surface area contributed by atoms with Gasteiger partial charge in [-0.2, -0.15) is 0 Å². The molecule has 0 aromatic heterocycles. The highest BCUT2D eigenvalue weighted by Crippen LogP contribution is 2.41. The number of ether oxygens (including phenoxy) is 2. The molecule has 0 amide bonds. The fraction of sp³-hybridized carbons (Fsp3) is 0.417. The first-order chi connectivity index (χ1) is 8.66. The van der Waals surface area contributed by atoms with Crippen LogP contribution in [0.3, 0.4) is 0 Å². The minimum atomic E-state index is 0.164. The van der Waals surface area contributed by atoms with Crippen molar-refractivity contribution >= 4 is 21.9 Å².